The van der Waals surface area contributed by atoms with Crippen LogP contribution in [0.1, 0.15) is 35.3 Å². The summed E-state index contributed by atoms with van der Waals surface area (Å²) in [6, 6.07) is 12.4. The lowest BCUT2D eigenvalue weighted by atomic mass is 9.99. The Bertz CT molecular complexity index is 1740. The standard InChI is InChI=1S/C26H22ClN5O4/c1-12-10-16(15(4)29-18-8-9-20(27)30-21(18)25-31-26(34)36-32-25)24-17(11-12)22(33)14(3)23(35-24)19-7-5-6-13(2)28-19/h5-11,15,29H,1-4H3,(H,31,32,34). The summed E-state index contributed by atoms with van der Waals surface area (Å²) < 4.78 is 11.0. The average Bonchev–Trinajstić information content (AvgIpc) is 3.28. The van der Waals surface area contributed by atoms with E-state index in [2.05, 4.69) is 29.9 Å². The van der Waals surface area contributed by atoms with E-state index in [1.807, 2.05) is 51.1 Å². The first-order valence-electron chi connectivity index (χ1n) is 11.2. The number of benzene rings is 1. The van der Waals surface area contributed by atoms with Crippen molar-refractivity contribution in [3.63, 3.8) is 0 Å². The predicted octanol–water partition coefficient (Wildman–Crippen LogP) is 5.35. The molecule has 9 nitrogen and oxygen atoms in total. The monoisotopic (exact) mass is 503 g/mol. The molecule has 10 heteroatoms. The zero-order chi connectivity index (χ0) is 25.6. The van der Waals surface area contributed by atoms with Gasteiger partial charge in [-0.25, -0.2) is 14.8 Å². The largest absolute Gasteiger partial charge is 0.454 e. The SMILES string of the molecule is Cc1cc(C(C)Nc2ccc(Cl)nc2-c2noc(=O)[nH]2)c2oc(-c3cccc(C)n3)c(C)c(=O)c2c1. The Kier molecular flexibility index (Phi) is 5.93. The number of rotatable bonds is 5. The molecule has 0 bridgehead atoms. The number of pyridine rings is 2. The predicted molar refractivity (Wildman–Crippen MR) is 137 cm³/mol. The Morgan fingerprint density at radius 3 is 2.58 bits per heavy atom. The number of aryl methyl sites for hydroxylation is 2. The van der Waals surface area contributed by atoms with Gasteiger partial charge >= 0.3 is 5.76 Å². The fourth-order valence-electron chi connectivity index (χ4n) is 4.18. The second kappa shape index (κ2) is 9.09. The van der Waals surface area contributed by atoms with E-state index in [-0.39, 0.29) is 22.4 Å². The molecule has 0 radical (unpaired) electrons. The van der Waals surface area contributed by atoms with Gasteiger partial charge in [-0.2, -0.15) is 0 Å². The summed E-state index contributed by atoms with van der Waals surface area (Å²) in [6.45, 7) is 7.50. The van der Waals surface area contributed by atoms with Crippen LogP contribution in [0.3, 0.4) is 0 Å². The van der Waals surface area contributed by atoms with E-state index in [9.17, 15) is 9.59 Å². The molecule has 0 saturated heterocycles. The Balaban J connectivity index is 1.65. The molecule has 5 aromatic rings. The lowest BCUT2D eigenvalue weighted by molar-refractivity contribution is 0.388. The first-order valence-corrected chi connectivity index (χ1v) is 11.6. The number of halogens is 1. The molecule has 0 aliphatic rings. The zero-order valence-corrected chi connectivity index (χ0v) is 20.7. The van der Waals surface area contributed by atoms with Crippen molar-refractivity contribution in [1.29, 1.82) is 0 Å². The lowest BCUT2D eigenvalue weighted by Crippen LogP contribution is -2.13. The highest BCUT2D eigenvalue weighted by molar-refractivity contribution is 6.29. The van der Waals surface area contributed by atoms with Crippen LogP contribution in [0.2, 0.25) is 5.15 Å². The molecule has 4 heterocycles. The van der Waals surface area contributed by atoms with E-state index < -0.39 is 5.76 Å². The van der Waals surface area contributed by atoms with E-state index in [1.54, 1.807) is 19.1 Å². The highest BCUT2D eigenvalue weighted by Gasteiger charge is 2.21. The minimum atomic E-state index is -0.704. The van der Waals surface area contributed by atoms with Crippen molar-refractivity contribution in [3.05, 3.63) is 90.8 Å². The van der Waals surface area contributed by atoms with Gasteiger partial charge in [-0.05, 0) is 63.6 Å². The summed E-state index contributed by atoms with van der Waals surface area (Å²) in [5.41, 5.74) is 4.83. The highest BCUT2D eigenvalue weighted by Crippen LogP contribution is 2.33. The van der Waals surface area contributed by atoms with Gasteiger partial charge in [-0.3, -0.25) is 14.3 Å². The molecular formula is C26H22ClN5O4. The van der Waals surface area contributed by atoms with Gasteiger partial charge in [0.05, 0.1) is 17.1 Å². The van der Waals surface area contributed by atoms with Gasteiger partial charge in [0.25, 0.3) is 0 Å². The first kappa shape index (κ1) is 23.5. The minimum Gasteiger partial charge on any atom is -0.454 e. The van der Waals surface area contributed by atoms with Gasteiger partial charge in [0.1, 0.15) is 22.1 Å². The summed E-state index contributed by atoms with van der Waals surface area (Å²) in [4.78, 5) is 36.2. The number of hydrogen-bond donors (Lipinski definition) is 2. The molecule has 4 aromatic heterocycles. The van der Waals surface area contributed by atoms with Crippen LogP contribution in [0.5, 0.6) is 0 Å². The number of aromatic amines is 1. The van der Waals surface area contributed by atoms with E-state index in [4.69, 9.17) is 16.0 Å². The maximum absolute atomic E-state index is 13.4. The van der Waals surface area contributed by atoms with Crippen LogP contribution in [0.15, 0.2) is 61.0 Å². The molecule has 0 aliphatic carbocycles. The number of nitrogens with zero attached hydrogens (tertiary/aromatic N) is 3. The van der Waals surface area contributed by atoms with Crippen LogP contribution in [0.4, 0.5) is 5.69 Å². The molecular weight excluding hydrogens is 482 g/mol. The molecule has 1 atom stereocenters. The third-order valence-electron chi connectivity index (χ3n) is 5.88. The normalized spacial score (nSPS) is 12.1. The summed E-state index contributed by atoms with van der Waals surface area (Å²) in [5, 5.41) is 7.83. The Morgan fingerprint density at radius 2 is 1.86 bits per heavy atom. The summed E-state index contributed by atoms with van der Waals surface area (Å²) >= 11 is 6.10. The van der Waals surface area contributed by atoms with Crippen LogP contribution < -0.4 is 16.5 Å². The van der Waals surface area contributed by atoms with Crippen molar-refractivity contribution >= 4 is 28.3 Å². The van der Waals surface area contributed by atoms with Crippen LogP contribution in [0, 0.1) is 20.8 Å². The number of nitrogens with one attached hydrogen (secondary N) is 2. The zero-order valence-electron chi connectivity index (χ0n) is 20.0. The molecule has 182 valence electrons. The van der Waals surface area contributed by atoms with Gasteiger partial charge in [0.2, 0.25) is 5.82 Å². The quantitative estimate of drug-likeness (QED) is 0.307. The van der Waals surface area contributed by atoms with E-state index in [0.717, 1.165) is 16.8 Å². The summed E-state index contributed by atoms with van der Waals surface area (Å²) in [5.74, 6) is -0.131. The number of hydrogen-bond acceptors (Lipinski definition) is 8. The molecule has 1 unspecified atom stereocenters. The van der Waals surface area contributed by atoms with Gasteiger partial charge in [0, 0.05) is 16.8 Å². The Morgan fingerprint density at radius 1 is 1.06 bits per heavy atom. The summed E-state index contributed by atoms with van der Waals surface area (Å²) in [7, 11) is 0. The van der Waals surface area contributed by atoms with Crippen molar-refractivity contribution in [2.24, 2.45) is 0 Å². The van der Waals surface area contributed by atoms with Gasteiger partial charge in [0.15, 0.2) is 11.2 Å². The molecule has 0 spiro atoms. The van der Waals surface area contributed by atoms with Gasteiger partial charge in [-0.1, -0.05) is 28.9 Å². The summed E-state index contributed by atoms with van der Waals surface area (Å²) in [6.07, 6.45) is 0. The fourth-order valence-corrected chi connectivity index (χ4v) is 4.33. The number of H-pyrrole nitrogens is 1. The van der Waals surface area contributed by atoms with E-state index >= 15 is 0 Å². The molecule has 0 aliphatic heterocycles. The van der Waals surface area contributed by atoms with E-state index in [0.29, 0.717) is 39.4 Å². The van der Waals surface area contributed by atoms with Crippen molar-refractivity contribution in [2.45, 2.75) is 33.7 Å². The molecule has 1 aromatic carbocycles. The first-order chi connectivity index (χ1) is 17.2. The van der Waals surface area contributed by atoms with Crippen LogP contribution in [-0.2, 0) is 0 Å². The maximum Gasteiger partial charge on any atom is 0.439 e. The van der Waals surface area contributed by atoms with Gasteiger partial charge in [-0.15, -0.1) is 0 Å². The second-order valence-corrected chi connectivity index (χ2v) is 9.01. The lowest BCUT2D eigenvalue weighted by Gasteiger charge is -2.20. The number of fused-ring (bicyclic) bond motifs is 1. The van der Waals surface area contributed by atoms with Crippen LogP contribution in [-0.4, -0.2) is 20.1 Å². The molecule has 36 heavy (non-hydrogen) atoms. The van der Waals surface area contributed by atoms with Crippen molar-refractivity contribution in [1.82, 2.24) is 20.1 Å². The van der Waals surface area contributed by atoms with Crippen molar-refractivity contribution in [3.8, 4) is 23.0 Å². The smallest absolute Gasteiger partial charge is 0.439 e. The molecule has 0 fully saturated rings. The number of aromatic nitrogens is 4. The van der Waals surface area contributed by atoms with Crippen molar-refractivity contribution < 1.29 is 8.94 Å². The maximum atomic E-state index is 13.4. The molecule has 5 rings (SSSR count). The van der Waals surface area contributed by atoms with Crippen LogP contribution in [0.25, 0.3) is 33.9 Å². The average molecular weight is 504 g/mol. The third-order valence-corrected chi connectivity index (χ3v) is 6.09. The molecule has 0 amide bonds. The highest BCUT2D eigenvalue weighted by atomic mass is 35.5. The second-order valence-electron chi connectivity index (χ2n) is 8.62. The molecule has 0 saturated carbocycles. The number of anilines is 1. The topological polar surface area (TPSA) is 127 Å². The van der Waals surface area contributed by atoms with Gasteiger partial charge < -0.3 is 9.73 Å². The minimum absolute atomic E-state index is 0.110. The van der Waals surface area contributed by atoms with Crippen LogP contribution >= 0.6 is 11.6 Å². The van der Waals surface area contributed by atoms with Crippen molar-refractivity contribution in [2.75, 3.05) is 5.32 Å². The Labute approximate surface area is 210 Å². The third kappa shape index (κ3) is 4.29. The Hall–Kier alpha value is -4.24. The van der Waals surface area contributed by atoms with E-state index in [1.165, 1.54) is 0 Å². The fraction of sp³-hybridized carbons (Fsp3) is 0.192. The molecule has 2 N–H and O–H groups in total.